The Morgan fingerprint density at radius 3 is 3.00 bits per heavy atom. The Morgan fingerprint density at radius 2 is 2.20 bits per heavy atom. The second-order valence-corrected chi connectivity index (χ2v) is 6.40. The molecule has 112 valence electrons. The molecule has 3 rings (SSSR count). The van der Waals surface area contributed by atoms with Crippen LogP contribution in [0.1, 0.15) is 25.7 Å². The average molecular weight is 277 g/mol. The minimum Gasteiger partial charge on any atom is -0.382 e. The Bertz CT molecular complexity index is 430. The molecular weight excluding hydrogens is 250 g/mol. The van der Waals surface area contributed by atoms with Crippen molar-refractivity contribution in [3.63, 3.8) is 0 Å². The number of fused-ring (bicyclic) bond motifs is 1. The third-order valence-corrected chi connectivity index (χ3v) is 4.95. The van der Waals surface area contributed by atoms with Crippen LogP contribution in [0.25, 0.3) is 0 Å². The molecule has 5 heteroatoms. The number of aryl methyl sites for hydroxylation is 1. The number of anilines is 1. The molecule has 2 unspecified atom stereocenters. The Balaban J connectivity index is 1.43. The molecule has 1 aromatic heterocycles. The van der Waals surface area contributed by atoms with E-state index in [4.69, 9.17) is 5.73 Å². The Hall–Kier alpha value is -1.07. The van der Waals surface area contributed by atoms with E-state index in [2.05, 4.69) is 21.9 Å². The van der Waals surface area contributed by atoms with Crippen LogP contribution in [0.4, 0.5) is 5.82 Å². The van der Waals surface area contributed by atoms with Crippen LogP contribution in [0.5, 0.6) is 0 Å². The Labute approximate surface area is 121 Å². The van der Waals surface area contributed by atoms with E-state index in [0.717, 1.165) is 24.9 Å². The highest BCUT2D eigenvalue weighted by Gasteiger charge is 2.33. The molecule has 2 fully saturated rings. The van der Waals surface area contributed by atoms with Crippen LogP contribution in [0, 0.1) is 5.92 Å². The highest BCUT2D eigenvalue weighted by Crippen LogP contribution is 2.29. The second kappa shape index (κ2) is 6.14. The van der Waals surface area contributed by atoms with Crippen molar-refractivity contribution < 1.29 is 0 Å². The van der Waals surface area contributed by atoms with Crippen molar-refractivity contribution in [2.45, 2.75) is 38.3 Å². The van der Waals surface area contributed by atoms with Gasteiger partial charge in [-0.1, -0.05) is 0 Å². The number of piperidine rings is 2. The van der Waals surface area contributed by atoms with Gasteiger partial charge >= 0.3 is 0 Å². The predicted octanol–water partition coefficient (Wildman–Crippen LogP) is 1.27. The first-order chi connectivity index (χ1) is 9.72. The van der Waals surface area contributed by atoms with Gasteiger partial charge in [0, 0.05) is 25.3 Å². The highest BCUT2D eigenvalue weighted by atomic mass is 15.3. The molecule has 2 atom stereocenters. The van der Waals surface area contributed by atoms with E-state index in [9.17, 15) is 0 Å². The van der Waals surface area contributed by atoms with Gasteiger partial charge in [0.2, 0.25) is 0 Å². The van der Waals surface area contributed by atoms with Gasteiger partial charge in [-0.2, -0.15) is 5.10 Å². The Kier molecular flexibility index (Phi) is 4.27. The highest BCUT2D eigenvalue weighted by molar-refractivity contribution is 5.23. The van der Waals surface area contributed by atoms with E-state index in [1.807, 2.05) is 16.9 Å². The average Bonchev–Trinajstić information content (AvgIpc) is 2.85. The number of nitrogens with zero attached hydrogens (tertiary/aromatic N) is 4. The number of nitrogens with two attached hydrogens (primary N) is 1. The van der Waals surface area contributed by atoms with Crippen molar-refractivity contribution >= 4 is 5.82 Å². The third-order valence-electron chi connectivity index (χ3n) is 4.95. The van der Waals surface area contributed by atoms with E-state index >= 15 is 0 Å². The van der Waals surface area contributed by atoms with E-state index in [1.54, 1.807) is 0 Å². The molecule has 0 amide bonds. The van der Waals surface area contributed by atoms with Crippen molar-refractivity contribution in [1.82, 2.24) is 19.6 Å². The Morgan fingerprint density at radius 1 is 1.30 bits per heavy atom. The van der Waals surface area contributed by atoms with Crippen LogP contribution in [-0.4, -0.2) is 58.8 Å². The molecule has 20 heavy (non-hydrogen) atoms. The number of aromatic nitrogens is 2. The van der Waals surface area contributed by atoms with Crippen LogP contribution < -0.4 is 5.73 Å². The summed E-state index contributed by atoms with van der Waals surface area (Å²) in [5.74, 6) is 1.51. The summed E-state index contributed by atoms with van der Waals surface area (Å²) in [5, 5.41) is 4.24. The van der Waals surface area contributed by atoms with E-state index < -0.39 is 0 Å². The van der Waals surface area contributed by atoms with E-state index in [0.29, 0.717) is 5.82 Å². The summed E-state index contributed by atoms with van der Waals surface area (Å²) in [6.45, 7) is 6.00. The summed E-state index contributed by atoms with van der Waals surface area (Å²) in [6.07, 6.45) is 7.27. The van der Waals surface area contributed by atoms with Gasteiger partial charge in [-0.05, 0) is 64.3 Å². The second-order valence-electron chi connectivity index (χ2n) is 6.40. The maximum absolute atomic E-state index is 5.63. The van der Waals surface area contributed by atoms with Crippen molar-refractivity contribution in [2.75, 3.05) is 39.0 Å². The standard InChI is InChI=1S/C15H27N5/c1-18-7-2-4-13-12-19(10-5-14(13)18)8-3-9-20-11-6-15(16)17-20/h6,11,13-14H,2-5,7-10,12H2,1H3,(H2,16,17). The molecule has 5 nitrogen and oxygen atoms in total. The van der Waals surface area contributed by atoms with Crippen molar-refractivity contribution in [3.05, 3.63) is 12.3 Å². The molecule has 2 aliphatic heterocycles. The molecule has 0 saturated carbocycles. The molecule has 3 heterocycles. The lowest BCUT2D eigenvalue weighted by Crippen LogP contribution is -2.52. The SMILES string of the molecule is CN1CCCC2CN(CCCn3ccc(N)n3)CCC21. The van der Waals surface area contributed by atoms with Crippen molar-refractivity contribution in [3.8, 4) is 0 Å². The normalized spacial score (nSPS) is 28.4. The van der Waals surface area contributed by atoms with Crippen molar-refractivity contribution in [2.24, 2.45) is 5.92 Å². The van der Waals surface area contributed by atoms with Crippen LogP contribution >= 0.6 is 0 Å². The first-order valence-corrected chi connectivity index (χ1v) is 7.94. The number of nitrogen functional groups attached to an aromatic ring is 1. The van der Waals surface area contributed by atoms with Gasteiger partial charge in [-0.15, -0.1) is 0 Å². The lowest BCUT2D eigenvalue weighted by atomic mass is 9.84. The minimum absolute atomic E-state index is 0.621. The summed E-state index contributed by atoms with van der Waals surface area (Å²) in [5.41, 5.74) is 5.63. The van der Waals surface area contributed by atoms with Crippen LogP contribution in [0.3, 0.4) is 0 Å². The lowest BCUT2D eigenvalue weighted by Gasteiger charge is -2.46. The zero-order valence-corrected chi connectivity index (χ0v) is 12.5. The monoisotopic (exact) mass is 277 g/mol. The first kappa shape index (κ1) is 13.9. The topological polar surface area (TPSA) is 50.3 Å². The summed E-state index contributed by atoms with van der Waals surface area (Å²) >= 11 is 0. The summed E-state index contributed by atoms with van der Waals surface area (Å²) in [4.78, 5) is 5.23. The molecule has 2 N–H and O–H groups in total. The molecule has 0 aromatic carbocycles. The molecule has 0 bridgehead atoms. The predicted molar refractivity (Wildman–Crippen MR) is 81.5 cm³/mol. The number of rotatable bonds is 4. The fraction of sp³-hybridized carbons (Fsp3) is 0.800. The van der Waals surface area contributed by atoms with E-state index in [1.165, 1.54) is 45.4 Å². The number of hydrogen-bond donors (Lipinski definition) is 1. The zero-order valence-electron chi connectivity index (χ0n) is 12.5. The summed E-state index contributed by atoms with van der Waals surface area (Å²) in [6, 6.07) is 2.70. The van der Waals surface area contributed by atoms with Gasteiger partial charge in [0.1, 0.15) is 5.82 Å². The van der Waals surface area contributed by atoms with Crippen LogP contribution in [-0.2, 0) is 6.54 Å². The summed E-state index contributed by atoms with van der Waals surface area (Å²) < 4.78 is 1.95. The first-order valence-electron chi connectivity index (χ1n) is 7.94. The van der Waals surface area contributed by atoms with Crippen LogP contribution in [0.15, 0.2) is 12.3 Å². The van der Waals surface area contributed by atoms with E-state index in [-0.39, 0.29) is 0 Å². The minimum atomic E-state index is 0.621. The largest absolute Gasteiger partial charge is 0.382 e. The van der Waals surface area contributed by atoms with Gasteiger partial charge in [0.25, 0.3) is 0 Å². The maximum Gasteiger partial charge on any atom is 0.145 e. The molecule has 2 saturated heterocycles. The third kappa shape index (κ3) is 3.15. The quantitative estimate of drug-likeness (QED) is 0.900. The molecule has 2 aliphatic rings. The maximum atomic E-state index is 5.63. The van der Waals surface area contributed by atoms with Gasteiger partial charge in [-0.25, -0.2) is 0 Å². The molecule has 1 aromatic rings. The molecular formula is C15H27N5. The van der Waals surface area contributed by atoms with Crippen LogP contribution in [0.2, 0.25) is 0 Å². The van der Waals surface area contributed by atoms with Gasteiger partial charge < -0.3 is 15.5 Å². The molecule has 0 aliphatic carbocycles. The van der Waals surface area contributed by atoms with Gasteiger partial charge in [0.15, 0.2) is 0 Å². The smallest absolute Gasteiger partial charge is 0.145 e. The number of likely N-dealkylation sites (tertiary alicyclic amines) is 2. The summed E-state index contributed by atoms with van der Waals surface area (Å²) in [7, 11) is 2.30. The fourth-order valence-electron chi connectivity index (χ4n) is 3.89. The lowest BCUT2D eigenvalue weighted by molar-refractivity contribution is 0.0377. The van der Waals surface area contributed by atoms with Gasteiger partial charge in [-0.3, -0.25) is 4.68 Å². The zero-order chi connectivity index (χ0) is 13.9. The fourth-order valence-corrected chi connectivity index (χ4v) is 3.89. The van der Waals surface area contributed by atoms with Crippen molar-refractivity contribution in [1.29, 1.82) is 0 Å². The molecule has 0 spiro atoms. The molecule has 0 radical (unpaired) electrons. The number of hydrogen-bond acceptors (Lipinski definition) is 4. The van der Waals surface area contributed by atoms with Gasteiger partial charge in [0.05, 0.1) is 0 Å².